The van der Waals surface area contributed by atoms with Crippen molar-refractivity contribution < 1.29 is 27.4 Å². The number of ether oxygens (including phenoxy) is 3. The number of hydrogen-bond acceptors (Lipinski definition) is 10. The minimum Gasteiger partial charge on any atom is -0.494 e. The van der Waals surface area contributed by atoms with Gasteiger partial charge in [0.15, 0.2) is 26.4 Å². The van der Waals surface area contributed by atoms with E-state index in [0.717, 1.165) is 6.26 Å². The second-order valence-electron chi connectivity index (χ2n) is 7.37. The van der Waals surface area contributed by atoms with Crippen LogP contribution in [0.2, 0.25) is 0 Å². The van der Waals surface area contributed by atoms with Crippen LogP contribution in [0.3, 0.4) is 0 Å². The number of nitrogens with zero attached hydrogens (tertiary/aromatic N) is 3. The topological polar surface area (TPSA) is 142 Å². The molecule has 0 bridgehead atoms. The zero-order valence-electron chi connectivity index (χ0n) is 18.8. The lowest BCUT2D eigenvalue weighted by molar-refractivity contribution is -0.114. The van der Waals surface area contributed by atoms with E-state index in [-0.39, 0.29) is 16.8 Å². The number of sulfone groups is 1. The molecule has 3 aromatic heterocycles. The molecule has 1 amide bonds. The first-order valence-electron chi connectivity index (χ1n) is 10.4. The van der Waals surface area contributed by atoms with Crippen molar-refractivity contribution in [1.82, 2.24) is 15.0 Å². The molecule has 0 radical (unpaired) electrons. The average molecular weight is 486 g/mol. The molecule has 2 N–H and O–H groups in total. The molecule has 12 heteroatoms. The molecule has 0 unspecified atom stereocenters. The highest BCUT2D eigenvalue weighted by Gasteiger charge is 2.18. The van der Waals surface area contributed by atoms with E-state index in [1.807, 2.05) is 0 Å². The van der Waals surface area contributed by atoms with Crippen molar-refractivity contribution in [2.45, 2.75) is 18.9 Å². The van der Waals surface area contributed by atoms with Crippen molar-refractivity contribution in [3.05, 3.63) is 36.7 Å². The highest BCUT2D eigenvalue weighted by atomic mass is 32.2. The number of nitrogens with one attached hydrogen (secondary N) is 2. The number of carbonyl (C=O) groups excluding carboxylic acids is 1. The Labute approximate surface area is 196 Å². The van der Waals surface area contributed by atoms with Crippen molar-refractivity contribution in [3.8, 4) is 28.5 Å². The predicted octanol–water partition coefficient (Wildman–Crippen LogP) is 2.81. The summed E-state index contributed by atoms with van der Waals surface area (Å²) in [4.78, 5) is 24.5. The number of rotatable bonds is 7. The normalized spacial score (nSPS) is 12.7. The number of carbonyl (C=O) groups is 1. The summed E-state index contributed by atoms with van der Waals surface area (Å²) >= 11 is 0. The SMILES string of the molecule is CCOc1cc(Nc2cc(NC(C)=O)ncc2-c2cc3c(cn2)OCCO3)nc(S(C)(=O)=O)c1. The molecule has 0 saturated carbocycles. The van der Waals surface area contributed by atoms with E-state index in [4.69, 9.17) is 14.2 Å². The van der Waals surface area contributed by atoms with Gasteiger partial charge in [-0.25, -0.2) is 18.4 Å². The van der Waals surface area contributed by atoms with Crippen LogP contribution in [0.5, 0.6) is 17.2 Å². The maximum Gasteiger partial charge on any atom is 0.222 e. The second kappa shape index (κ2) is 9.51. The van der Waals surface area contributed by atoms with Crippen LogP contribution >= 0.6 is 0 Å². The second-order valence-corrected chi connectivity index (χ2v) is 9.33. The minimum absolute atomic E-state index is 0.143. The van der Waals surface area contributed by atoms with E-state index in [0.29, 0.717) is 59.8 Å². The van der Waals surface area contributed by atoms with Crippen molar-refractivity contribution in [2.75, 3.05) is 36.7 Å². The lowest BCUT2D eigenvalue weighted by Gasteiger charge is -2.19. The van der Waals surface area contributed by atoms with Crippen LogP contribution in [0.1, 0.15) is 13.8 Å². The van der Waals surface area contributed by atoms with Crippen LogP contribution in [0.15, 0.2) is 41.7 Å². The Morgan fingerprint density at radius 3 is 2.53 bits per heavy atom. The van der Waals surface area contributed by atoms with Crippen LogP contribution in [0.4, 0.5) is 17.3 Å². The summed E-state index contributed by atoms with van der Waals surface area (Å²) in [7, 11) is -3.60. The summed E-state index contributed by atoms with van der Waals surface area (Å²) in [6.07, 6.45) is 4.17. The maximum atomic E-state index is 12.2. The summed E-state index contributed by atoms with van der Waals surface area (Å²) in [5.41, 5.74) is 1.57. The molecule has 0 saturated heterocycles. The zero-order chi connectivity index (χ0) is 24.3. The van der Waals surface area contributed by atoms with Gasteiger partial charge in [-0.15, -0.1) is 0 Å². The number of pyridine rings is 3. The van der Waals surface area contributed by atoms with Gasteiger partial charge in [0.1, 0.15) is 30.6 Å². The Hall–Kier alpha value is -3.93. The Kier molecular flexibility index (Phi) is 6.50. The van der Waals surface area contributed by atoms with Crippen molar-refractivity contribution in [2.24, 2.45) is 0 Å². The van der Waals surface area contributed by atoms with Gasteiger partial charge in [0, 0.05) is 49.2 Å². The molecule has 34 heavy (non-hydrogen) atoms. The summed E-state index contributed by atoms with van der Waals surface area (Å²) in [5.74, 6) is 1.65. The monoisotopic (exact) mass is 485 g/mol. The van der Waals surface area contributed by atoms with Gasteiger partial charge in [0.2, 0.25) is 5.91 Å². The Morgan fingerprint density at radius 1 is 1.06 bits per heavy atom. The van der Waals surface area contributed by atoms with Crippen molar-refractivity contribution in [1.29, 1.82) is 0 Å². The quantitative estimate of drug-likeness (QED) is 0.513. The van der Waals surface area contributed by atoms with Crippen LogP contribution in [-0.2, 0) is 14.6 Å². The molecular formula is C22H23N5O6S. The summed E-state index contributed by atoms with van der Waals surface area (Å²) in [6.45, 7) is 4.38. The van der Waals surface area contributed by atoms with E-state index in [9.17, 15) is 13.2 Å². The van der Waals surface area contributed by atoms with Gasteiger partial charge in [-0.05, 0) is 6.92 Å². The fourth-order valence-corrected chi connectivity index (χ4v) is 3.83. The fourth-order valence-electron chi connectivity index (χ4n) is 3.23. The van der Waals surface area contributed by atoms with Crippen LogP contribution in [-0.4, -0.2) is 55.4 Å². The number of fused-ring (bicyclic) bond motifs is 1. The first-order chi connectivity index (χ1) is 16.2. The van der Waals surface area contributed by atoms with Crippen LogP contribution < -0.4 is 24.8 Å². The molecule has 0 aromatic carbocycles. The number of amides is 1. The maximum absolute atomic E-state index is 12.2. The van der Waals surface area contributed by atoms with E-state index >= 15 is 0 Å². The minimum atomic E-state index is -3.60. The van der Waals surface area contributed by atoms with Gasteiger partial charge in [-0.1, -0.05) is 0 Å². The molecule has 4 rings (SSSR count). The van der Waals surface area contributed by atoms with Gasteiger partial charge >= 0.3 is 0 Å². The largest absolute Gasteiger partial charge is 0.494 e. The molecule has 0 aliphatic carbocycles. The van der Waals surface area contributed by atoms with Crippen molar-refractivity contribution in [3.63, 3.8) is 0 Å². The molecule has 1 aliphatic heterocycles. The third-order valence-corrected chi connectivity index (χ3v) is 5.61. The number of hydrogen-bond donors (Lipinski definition) is 2. The lowest BCUT2D eigenvalue weighted by Crippen LogP contribution is -2.15. The standard InChI is InChI=1S/C22H23N5O6S/c1-4-31-14-7-21(27-22(8-14)34(3,29)30)26-17-10-20(25-13(2)28)24-11-15(17)16-9-18-19(12-23-16)33-6-5-32-18/h7-12H,4-6H2,1-3H3,(H2,24,25,26,27,28). The third-order valence-electron chi connectivity index (χ3n) is 4.64. The van der Waals surface area contributed by atoms with E-state index in [2.05, 4.69) is 25.6 Å². The molecule has 4 heterocycles. The molecule has 0 fully saturated rings. The van der Waals surface area contributed by atoms with Gasteiger partial charge in [-0.2, -0.15) is 0 Å². The van der Waals surface area contributed by atoms with Gasteiger partial charge in [-0.3, -0.25) is 9.78 Å². The summed E-state index contributed by atoms with van der Waals surface area (Å²) in [6, 6.07) is 6.27. The van der Waals surface area contributed by atoms with Gasteiger partial charge in [0.25, 0.3) is 0 Å². The first-order valence-corrected chi connectivity index (χ1v) is 12.3. The van der Waals surface area contributed by atoms with E-state index < -0.39 is 9.84 Å². The Morgan fingerprint density at radius 2 is 1.82 bits per heavy atom. The third kappa shape index (κ3) is 5.34. The van der Waals surface area contributed by atoms with Crippen LogP contribution in [0.25, 0.3) is 11.3 Å². The fraction of sp³-hybridized carbons (Fsp3) is 0.273. The highest BCUT2D eigenvalue weighted by Crippen LogP contribution is 2.36. The first kappa shape index (κ1) is 23.2. The molecule has 11 nitrogen and oxygen atoms in total. The smallest absolute Gasteiger partial charge is 0.222 e. The molecule has 1 aliphatic rings. The molecule has 3 aromatic rings. The van der Waals surface area contributed by atoms with Crippen molar-refractivity contribution >= 4 is 33.1 Å². The van der Waals surface area contributed by atoms with E-state index in [1.54, 1.807) is 31.3 Å². The molecule has 178 valence electrons. The van der Waals surface area contributed by atoms with E-state index in [1.165, 1.54) is 19.2 Å². The summed E-state index contributed by atoms with van der Waals surface area (Å²) < 4.78 is 41.0. The Balaban J connectivity index is 1.80. The molecular weight excluding hydrogens is 462 g/mol. The summed E-state index contributed by atoms with van der Waals surface area (Å²) in [5, 5.41) is 5.61. The predicted molar refractivity (Wildman–Crippen MR) is 125 cm³/mol. The number of aromatic nitrogens is 3. The lowest BCUT2D eigenvalue weighted by atomic mass is 10.1. The zero-order valence-corrected chi connectivity index (χ0v) is 19.6. The molecule has 0 spiro atoms. The van der Waals surface area contributed by atoms with Gasteiger partial charge in [0.05, 0.1) is 24.2 Å². The molecule has 0 atom stereocenters. The highest BCUT2D eigenvalue weighted by molar-refractivity contribution is 7.90. The Bertz CT molecular complexity index is 1350. The van der Waals surface area contributed by atoms with Gasteiger partial charge < -0.3 is 24.8 Å². The van der Waals surface area contributed by atoms with Crippen LogP contribution in [0, 0.1) is 0 Å². The number of anilines is 3. The average Bonchev–Trinajstić information content (AvgIpc) is 2.78.